The van der Waals surface area contributed by atoms with Crippen LogP contribution in [0.4, 0.5) is 4.79 Å². The molecular formula is C19H29N3O3S. The summed E-state index contributed by atoms with van der Waals surface area (Å²) in [6.45, 7) is 2.25. The van der Waals surface area contributed by atoms with Crippen LogP contribution in [-0.2, 0) is 0 Å². The first-order chi connectivity index (χ1) is 12.6. The highest BCUT2D eigenvalue weighted by atomic mass is 32.2. The van der Waals surface area contributed by atoms with Gasteiger partial charge in [0.2, 0.25) is 0 Å². The van der Waals surface area contributed by atoms with E-state index in [0.717, 1.165) is 32.0 Å². The quantitative estimate of drug-likeness (QED) is 0.630. The zero-order chi connectivity index (χ0) is 18.4. The maximum absolute atomic E-state index is 12.1. The van der Waals surface area contributed by atoms with Crippen LogP contribution < -0.4 is 10.6 Å². The van der Waals surface area contributed by atoms with E-state index < -0.39 is 6.10 Å². The van der Waals surface area contributed by atoms with Gasteiger partial charge in [-0.05, 0) is 54.9 Å². The number of urea groups is 1. The Morgan fingerprint density at radius 1 is 1.15 bits per heavy atom. The zero-order valence-corrected chi connectivity index (χ0v) is 15.9. The van der Waals surface area contributed by atoms with E-state index in [1.54, 1.807) is 12.1 Å². The fourth-order valence-corrected chi connectivity index (χ4v) is 4.78. The van der Waals surface area contributed by atoms with Gasteiger partial charge in [0, 0.05) is 31.7 Å². The monoisotopic (exact) mass is 379 g/mol. The molecule has 2 fully saturated rings. The van der Waals surface area contributed by atoms with Crippen molar-refractivity contribution < 1.29 is 15.0 Å². The molecule has 0 radical (unpaired) electrons. The Hall–Kier alpha value is -1.44. The van der Waals surface area contributed by atoms with Crippen molar-refractivity contribution in [2.75, 3.05) is 31.1 Å². The number of hydrogen-bond acceptors (Lipinski definition) is 5. The number of aliphatic hydroxyl groups excluding tert-OH is 1. The Morgan fingerprint density at radius 2 is 1.81 bits per heavy atom. The number of aliphatic hydroxyl groups is 1. The second-order valence-electron chi connectivity index (χ2n) is 7.12. The fraction of sp³-hybridized carbons (Fsp3) is 0.632. The first-order valence-corrected chi connectivity index (χ1v) is 10.6. The Balaban J connectivity index is 1.35. The van der Waals surface area contributed by atoms with Gasteiger partial charge >= 0.3 is 6.03 Å². The molecule has 4 N–H and O–H groups in total. The van der Waals surface area contributed by atoms with Crippen LogP contribution in [0.1, 0.15) is 37.4 Å². The van der Waals surface area contributed by atoms with Crippen molar-refractivity contribution in [2.24, 2.45) is 0 Å². The normalized spacial score (nSPS) is 21.3. The number of benzene rings is 1. The predicted octanol–water partition coefficient (Wildman–Crippen LogP) is 2.08. The number of piperidine rings is 1. The molecule has 2 aliphatic rings. The summed E-state index contributed by atoms with van der Waals surface area (Å²) in [5.41, 5.74) is 0.669. The van der Waals surface area contributed by atoms with Crippen LogP contribution in [0.25, 0.3) is 0 Å². The zero-order valence-electron chi connectivity index (χ0n) is 15.1. The smallest absolute Gasteiger partial charge is 0.315 e. The SMILES string of the molecule is O=C(NCC(O)c1ccc(O)cc1)NC1CCN(C2CCSCC2)CC1. The minimum absolute atomic E-state index is 0.148. The van der Waals surface area contributed by atoms with Crippen LogP contribution >= 0.6 is 11.8 Å². The van der Waals surface area contributed by atoms with Gasteiger partial charge in [0.05, 0.1) is 6.10 Å². The van der Waals surface area contributed by atoms with Gasteiger partial charge in [0.15, 0.2) is 0 Å². The van der Waals surface area contributed by atoms with E-state index in [1.165, 1.54) is 36.5 Å². The number of carbonyl (C=O) groups is 1. The minimum Gasteiger partial charge on any atom is -0.508 e. The van der Waals surface area contributed by atoms with Crippen molar-refractivity contribution in [3.8, 4) is 5.75 Å². The molecule has 7 heteroatoms. The summed E-state index contributed by atoms with van der Waals surface area (Å²) in [6.07, 6.45) is 3.76. The predicted molar refractivity (Wildman–Crippen MR) is 105 cm³/mol. The third kappa shape index (κ3) is 5.53. The number of phenols is 1. The molecule has 1 aromatic carbocycles. The van der Waals surface area contributed by atoms with Gasteiger partial charge in [0.25, 0.3) is 0 Å². The van der Waals surface area contributed by atoms with Gasteiger partial charge in [0.1, 0.15) is 5.75 Å². The Morgan fingerprint density at radius 3 is 2.46 bits per heavy atom. The van der Waals surface area contributed by atoms with Gasteiger partial charge in [-0.15, -0.1) is 0 Å². The van der Waals surface area contributed by atoms with Crippen molar-refractivity contribution in [1.29, 1.82) is 0 Å². The van der Waals surface area contributed by atoms with Crippen molar-refractivity contribution in [2.45, 2.75) is 43.9 Å². The summed E-state index contributed by atoms with van der Waals surface area (Å²) in [7, 11) is 0. The Labute approximate surface area is 159 Å². The van der Waals surface area contributed by atoms with Crippen LogP contribution in [0, 0.1) is 0 Å². The summed E-state index contributed by atoms with van der Waals surface area (Å²) >= 11 is 2.05. The Bertz CT molecular complexity index is 570. The van der Waals surface area contributed by atoms with Gasteiger partial charge < -0.3 is 25.7 Å². The highest BCUT2D eigenvalue weighted by Crippen LogP contribution is 2.24. The third-order valence-corrected chi connectivity index (χ3v) is 6.35. The lowest BCUT2D eigenvalue weighted by atomic mass is 10.0. The minimum atomic E-state index is -0.785. The summed E-state index contributed by atoms with van der Waals surface area (Å²) in [6, 6.07) is 7.06. The van der Waals surface area contributed by atoms with Crippen LogP contribution in [0.2, 0.25) is 0 Å². The second kappa shape index (κ2) is 9.48. The molecule has 2 amide bonds. The van der Waals surface area contributed by atoms with E-state index in [9.17, 15) is 15.0 Å². The van der Waals surface area contributed by atoms with E-state index in [-0.39, 0.29) is 24.4 Å². The standard InChI is InChI=1S/C19H29N3O3S/c23-17-3-1-14(2-4-17)18(24)13-20-19(25)21-15-5-9-22(10-6-15)16-7-11-26-12-8-16/h1-4,15-16,18,23-24H,5-13H2,(H2,20,21,25). The average molecular weight is 380 g/mol. The molecular weight excluding hydrogens is 350 g/mol. The van der Waals surface area contributed by atoms with Crippen LogP contribution in [-0.4, -0.2) is 64.4 Å². The van der Waals surface area contributed by atoms with Gasteiger partial charge in [-0.25, -0.2) is 4.79 Å². The molecule has 3 rings (SSSR count). The van der Waals surface area contributed by atoms with E-state index in [0.29, 0.717) is 5.56 Å². The molecule has 144 valence electrons. The number of rotatable bonds is 5. The topological polar surface area (TPSA) is 84.8 Å². The number of likely N-dealkylation sites (tertiary alicyclic amines) is 1. The maximum atomic E-state index is 12.1. The summed E-state index contributed by atoms with van der Waals surface area (Å²) < 4.78 is 0. The fourth-order valence-electron chi connectivity index (χ4n) is 3.70. The van der Waals surface area contributed by atoms with E-state index >= 15 is 0 Å². The van der Waals surface area contributed by atoms with Gasteiger partial charge in [-0.2, -0.15) is 11.8 Å². The highest BCUT2D eigenvalue weighted by molar-refractivity contribution is 7.99. The molecule has 2 heterocycles. The van der Waals surface area contributed by atoms with Gasteiger partial charge in [-0.3, -0.25) is 0 Å². The van der Waals surface area contributed by atoms with Crippen LogP contribution in [0.3, 0.4) is 0 Å². The lowest BCUT2D eigenvalue weighted by Crippen LogP contribution is -2.51. The largest absolute Gasteiger partial charge is 0.508 e. The molecule has 0 aromatic heterocycles. The number of thioether (sulfide) groups is 1. The molecule has 0 aliphatic carbocycles. The van der Waals surface area contributed by atoms with E-state index in [1.807, 2.05) is 0 Å². The van der Waals surface area contributed by atoms with Crippen LogP contribution in [0.5, 0.6) is 5.75 Å². The molecule has 2 aliphatic heterocycles. The lowest BCUT2D eigenvalue weighted by Gasteiger charge is -2.39. The Kier molecular flexibility index (Phi) is 7.05. The molecule has 6 nitrogen and oxygen atoms in total. The lowest BCUT2D eigenvalue weighted by molar-refractivity contribution is 0.135. The number of amides is 2. The number of hydrogen-bond donors (Lipinski definition) is 4. The summed E-state index contributed by atoms with van der Waals surface area (Å²) in [4.78, 5) is 14.7. The molecule has 1 unspecified atom stereocenters. The maximum Gasteiger partial charge on any atom is 0.315 e. The molecule has 0 saturated carbocycles. The number of nitrogens with one attached hydrogen (secondary N) is 2. The first-order valence-electron chi connectivity index (χ1n) is 9.45. The van der Waals surface area contributed by atoms with Crippen molar-refractivity contribution in [3.05, 3.63) is 29.8 Å². The number of carbonyl (C=O) groups excluding carboxylic acids is 1. The number of aromatic hydroxyl groups is 1. The molecule has 0 spiro atoms. The molecule has 26 heavy (non-hydrogen) atoms. The first kappa shape index (κ1) is 19.3. The number of phenolic OH excluding ortho intramolecular Hbond substituents is 1. The van der Waals surface area contributed by atoms with Crippen LogP contribution in [0.15, 0.2) is 24.3 Å². The molecule has 1 aromatic rings. The molecule has 2 saturated heterocycles. The average Bonchev–Trinajstić information content (AvgIpc) is 2.68. The summed E-state index contributed by atoms with van der Waals surface area (Å²) in [5.74, 6) is 2.70. The molecule has 0 bridgehead atoms. The third-order valence-electron chi connectivity index (χ3n) is 5.31. The van der Waals surface area contributed by atoms with E-state index in [2.05, 4.69) is 27.3 Å². The summed E-state index contributed by atoms with van der Waals surface area (Å²) in [5, 5.41) is 25.2. The second-order valence-corrected chi connectivity index (χ2v) is 8.34. The highest BCUT2D eigenvalue weighted by Gasteiger charge is 2.27. The van der Waals surface area contributed by atoms with Crippen molar-refractivity contribution in [1.82, 2.24) is 15.5 Å². The van der Waals surface area contributed by atoms with Crippen molar-refractivity contribution in [3.63, 3.8) is 0 Å². The molecule has 1 atom stereocenters. The van der Waals surface area contributed by atoms with Gasteiger partial charge in [-0.1, -0.05) is 12.1 Å². The van der Waals surface area contributed by atoms with E-state index in [4.69, 9.17) is 0 Å². The number of nitrogens with zero attached hydrogens (tertiary/aromatic N) is 1. The van der Waals surface area contributed by atoms with Crippen molar-refractivity contribution >= 4 is 17.8 Å².